The SMILES string of the molecule is CN(C(=N)N)C(=O)CN(Cl)CCC[P+](c1ccccc1)(c1ccccc1)c1ccccc1. The minimum Gasteiger partial charge on any atom is -0.370 e. The zero-order chi connectivity index (χ0) is 23.0. The fourth-order valence-corrected chi connectivity index (χ4v) is 8.38. The van der Waals surface area contributed by atoms with E-state index in [1.54, 1.807) is 0 Å². The highest BCUT2D eigenvalue weighted by Crippen LogP contribution is 2.55. The lowest BCUT2D eigenvalue weighted by Crippen LogP contribution is -2.42. The number of hydrogen-bond donors (Lipinski definition) is 2. The number of amides is 1. The van der Waals surface area contributed by atoms with Gasteiger partial charge in [0, 0.05) is 13.6 Å². The molecule has 0 heterocycles. The largest absolute Gasteiger partial charge is 0.370 e. The van der Waals surface area contributed by atoms with Gasteiger partial charge >= 0.3 is 0 Å². The van der Waals surface area contributed by atoms with Crippen LogP contribution >= 0.6 is 19.0 Å². The molecule has 1 amide bonds. The number of benzene rings is 3. The lowest BCUT2D eigenvalue weighted by atomic mass is 10.3. The van der Waals surface area contributed by atoms with Gasteiger partial charge < -0.3 is 5.73 Å². The van der Waals surface area contributed by atoms with Crippen LogP contribution in [0.3, 0.4) is 0 Å². The summed E-state index contributed by atoms with van der Waals surface area (Å²) >= 11 is 6.38. The van der Waals surface area contributed by atoms with Gasteiger partial charge in [0.15, 0.2) is 5.96 Å². The Labute approximate surface area is 195 Å². The van der Waals surface area contributed by atoms with Gasteiger partial charge in [0.25, 0.3) is 0 Å². The molecule has 32 heavy (non-hydrogen) atoms. The molecule has 0 aliphatic rings. The van der Waals surface area contributed by atoms with Crippen molar-refractivity contribution in [2.75, 3.05) is 26.3 Å². The van der Waals surface area contributed by atoms with Crippen molar-refractivity contribution >= 4 is 46.8 Å². The first-order chi connectivity index (χ1) is 15.4. The van der Waals surface area contributed by atoms with Crippen molar-refractivity contribution in [3.05, 3.63) is 91.0 Å². The number of carbonyl (C=O) groups is 1. The Bertz CT molecular complexity index is 921. The van der Waals surface area contributed by atoms with Crippen LogP contribution in [-0.4, -0.2) is 47.5 Å². The second kappa shape index (κ2) is 11.2. The first-order valence-electron chi connectivity index (χ1n) is 10.5. The van der Waals surface area contributed by atoms with E-state index in [0.717, 1.165) is 17.5 Å². The second-order valence-corrected chi connectivity index (χ2v) is 11.7. The number of halogens is 1. The zero-order valence-electron chi connectivity index (χ0n) is 18.2. The maximum absolute atomic E-state index is 12.2. The molecule has 0 radical (unpaired) electrons. The number of nitrogens with two attached hydrogens (primary N) is 1. The summed E-state index contributed by atoms with van der Waals surface area (Å²) in [6.07, 6.45) is 1.73. The summed E-state index contributed by atoms with van der Waals surface area (Å²) in [5, 5.41) is 11.4. The maximum Gasteiger partial charge on any atom is 0.244 e. The molecule has 0 saturated carbocycles. The predicted octanol–water partition coefficient (Wildman–Crippen LogP) is 3.18. The van der Waals surface area contributed by atoms with Gasteiger partial charge in [-0.05, 0) is 54.6 Å². The van der Waals surface area contributed by atoms with Gasteiger partial charge in [-0.1, -0.05) is 54.6 Å². The van der Waals surface area contributed by atoms with E-state index < -0.39 is 7.26 Å². The topological polar surface area (TPSA) is 73.4 Å². The second-order valence-electron chi connectivity index (χ2n) is 7.58. The fourth-order valence-electron chi connectivity index (χ4n) is 3.83. The van der Waals surface area contributed by atoms with E-state index in [0.29, 0.717) is 6.54 Å². The molecule has 166 valence electrons. The highest BCUT2D eigenvalue weighted by Gasteiger charge is 2.44. The number of rotatable bonds is 9. The zero-order valence-corrected chi connectivity index (χ0v) is 19.8. The summed E-state index contributed by atoms with van der Waals surface area (Å²) in [5.74, 6) is -0.593. The van der Waals surface area contributed by atoms with Crippen LogP contribution in [0.2, 0.25) is 0 Å². The molecule has 0 aliphatic carbocycles. The molecule has 0 aromatic heterocycles. The third-order valence-corrected chi connectivity index (χ3v) is 10.3. The lowest BCUT2D eigenvalue weighted by molar-refractivity contribution is -0.126. The van der Waals surface area contributed by atoms with Crippen molar-refractivity contribution in [3.8, 4) is 0 Å². The summed E-state index contributed by atoms with van der Waals surface area (Å²) in [5.41, 5.74) is 5.39. The molecule has 0 fully saturated rings. The summed E-state index contributed by atoms with van der Waals surface area (Å²) in [6.45, 7) is 0.554. The first-order valence-corrected chi connectivity index (χ1v) is 12.8. The molecule has 0 saturated heterocycles. The van der Waals surface area contributed by atoms with Crippen molar-refractivity contribution in [3.63, 3.8) is 0 Å². The van der Waals surface area contributed by atoms with Gasteiger partial charge in [0.1, 0.15) is 23.2 Å². The highest BCUT2D eigenvalue weighted by atomic mass is 35.5. The molecule has 0 atom stereocenters. The number of hydrogen-bond acceptors (Lipinski definition) is 3. The molecule has 3 N–H and O–H groups in total. The average molecular weight is 468 g/mol. The van der Waals surface area contributed by atoms with Crippen LogP contribution < -0.4 is 21.6 Å². The van der Waals surface area contributed by atoms with Gasteiger partial charge in [0.05, 0.1) is 12.7 Å². The Balaban J connectivity index is 1.89. The molecule has 7 heteroatoms. The van der Waals surface area contributed by atoms with E-state index in [2.05, 4.69) is 72.8 Å². The van der Waals surface area contributed by atoms with Crippen molar-refractivity contribution in [2.45, 2.75) is 6.42 Å². The number of nitrogens with zero attached hydrogens (tertiary/aromatic N) is 2. The van der Waals surface area contributed by atoms with E-state index in [1.165, 1.54) is 27.4 Å². The average Bonchev–Trinajstić information content (AvgIpc) is 2.83. The molecule has 3 rings (SSSR count). The molecule has 5 nitrogen and oxygen atoms in total. The van der Waals surface area contributed by atoms with Crippen LogP contribution in [0.5, 0.6) is 0 Å². The highest BCUT2D eigenvalue weighted by molar-refractivity contribution is 7.95. The summed E-state index contributed by atoms with van der Waals surface area (Å²) in [4.78, 5) is 13.3. The van der Waals surface area contributed by atoms with Crippen LogP contribution in [-0.2, 0) is 4.79 Å². The molecule has 3 aromatic carbocycles. The van der Waals surface area contributed by atoms with Crippen molar-refractivity contribution in [1.82, 2.24) is 9.32 Å². The maximum atomic E-state index is 12.2. The summed E-state index contributed by atoms with van der Waals surface area (Å²) in [6, 6.07) is 32.0. The monoisotopic (exact) mass is 467 g/mol. The van der Waals surface area contributed by atoms with Gasteiger partial charge in [-0.2, -0.15) is 0 Å². The molecule has 0 aliphatic heterocycles. The summed E-state index contributed by atoms with van der Waals surface area (Å²) < 4.78 is 1.48. The standard InChI is InChI=1S/C25H29ClN4OP/c1-29(25(27)28)24(31)20-30(26)18-11-19-32(21-12-5-2-6-13-21,22-14-7-3-8-15-22)23-16-9-4-10-17-23/h2-10,12-17H,11,18-20H2,1H3,(H3,27,28)/q+1. The normalized spacial score (nSPS) is 11.3. The Morgan fingerprint density at radius 1 is 0.875 bits per heavy atom. The van der Waals surface area contributed by atoms with Gasteiger partial charge in [0.2, 0.25) is 5.91 Å². The fraction of sp³-hybridized carbons (Fsp3) is 0.200. The van der Waals surface area contributed by atoms with Crippen LogP contribution in [0.1, 0.15) is 6.42 Å². The van der Waals surface area contributed by atoms with Crippen LogP contribution in [0.4, 0.5) is 0 Å². The van der Waals surface area contributed by atoms with Crippen LogP contribution in [0.15, 0.2) is 91.0 Å². The van der Waals surface area contributed by atoms with Gasteiger partial charge in [-0.25, -0.2) is 4.42 Å². The molecule has 0 spiro atoms. The Morgan fingerprint density at radius 3 is 1.66 bits per heavy atom. The third kappa shape index (κ3) is 5.55. The first kappa shape index (κ1) is 23.9. The van der Waals surface area contributed by atoms with Crippen molar-refractivity contribution < 1.29 is 4.79 Å². The Morgan fingerprint density at radius 2 is 1.28 bits per heavy atom. The molecule has 0 bridgehead atoms. The van der Waals surface area contributed by atoms with E-state index in [9.17, 15) is 4.79 Å². The minimum absolute atomic E-state index is 0.00505. The smallest absolute Gasteiger partial charge is 0.244 e. The molecule has 0 unspecified atom stereocenters. The predicted molar refractivity (Wildman–Crippen MR) is 137 cm³/mol. The number of likely N-dealkylation sites (N-methyl/N-ethyl adjacent to an activating group) is 1. The lowest BCUT2D eigenvalue weighted by Gasteiger charge is -2.28. The van der Waals surface area contributed by atoms with Crippen LogP contribution in [0, 0.1) is 5.41 Å². The van der Waals surface area contributed by atoms with E-state index >= 15 is 0 Å². The Kier molecular flexibility index (Phi) is 8.40. The molecular weight excluding hydrogens is 439 g/mol. The minimum atomic E-state index is -1.91. The van der Waals surface area contributed by atoms with Crippen molar-refractivity contribution in [2.24, 2.45) is 5.73 Å². The van der Waals surface area contributed by atoms with E-state index in [4.69, 9.17) is 22.9 Å². The quantitative estimate of drug-likeness (QED) is 0.220. The Hall–Kier alpha value is -2.72. The van der Waals surface area contributed by atoms with Gasteiger partial charge in [-0.15, -0.1) is 0 Å². The number of guanidine groups is 1. The van der Waals surface area contributed by atoms with E-state index in [-0.39, 0.29) is 18.4 Å². The number of nitrogens with one attached hydrogen (secondary N) is 1. The molecule has 3 aromatic rings. The number of carbonyl (C=O) groups excluding carboxylic acids is 1. The van der Waals surface area contributed by atoms with Crippen LogP contribution in [0.25, 0.3) is 0 Å². The molecular formula is C25H29ClN4OP+. The van der Waals surface area contributed by atoms with E-state index in [1.807, 2.05) is 18.2 Å². The third-order valence-electron chi connectivity index (χ3n) is 5.53. The van der Waals surface area contributed by atoms with Gasteiger partial charge in [-0.3, -0.25) is 15.1 Å². The van der Waals surface area contributed by atoms with Crippen molar-refractivity contribution in [1.29, 1.82) is 5.41 Å². The summed E-state index contributed by atoms with van der Waals surface area (Å²) in [7, 11) is -0.435.